The molecule has 0 radical (unpaired) electrons. The van der Waals surface area contributed by atoms with Gasteiger partial charge in [0.1, 0.15) is 11.6 Å². The summed E-state index contributed by atoms with van der Waals surface area (Å²) in [5.41, 5.74) is 7.47. The van der Waals surface area contributed by atoms with Crippen LogP contribution in [0.25, 0.3) is 44.8 Å². The summed E-state index contributed by atoms with van der Waals surface area (Å²) in [6, 6.07) is 24.7. The quantitative estimate of drug-likeness (QED) is 0.390. The van der Waals surface area contributed by atoms with Crippen molar-refractivity contribution in [2.45, 2.75) is 6.92 Å². The molecule has 5 rings (SSSR count). The minimum absolute atomic E-state index is 0.830. The summed E-state index contributed by atoms with van der Waals surface area (Å²) in [7, 11) is 1.68. The highest BCUT2D eigenvalue weighted by Crippen LogP contribution is 2.37. The summed E-state index contributed by atoms with van der Waals surface area (Å²) in [4.78, 5) is 12.0. The zero-order chi connectivity index (χ0) is 19.8. The summed E-state index contributed by atoms with van der Waals surface area (Å²) in [6.07, 6.45) is 2.05. The second-order valence-electron chi connectivity index (χ2n) is 7.15. The second kappa shape index (κ2) is 6.99. The Balaban J connectivity index is 1.73. The first-order chi connectivity index (χ1) is 14.2. The van der Waals surface area contributed by atoms with Gasteiger partial charge in [-0.1, -0.05) is 42.0 Å². The van der Waals surface area contributed by atoms with Crippen LogP contribution in [-0.4, -0.2) is 22.1 Å². The number of imidazole rings is 1. The van der Waals surface area contributed by atoms with Crippen LogP contribution in [0.5, 0.6) is 5.75 Å². The van der Waals surface area contributed by atoms with Crippen molar-refractivity contribution in [2.75, 3.05) is 7.11 Å². The molecule has 3 aromatic carbocycles. The molecule has 2 aromatic heterocycles. The average molecular weight is 379 g/mol. The summed E-state index contributed by atoms with van der Waals surface area (Å²) in [6.45, 7) is 2.09. The third kappa shape index (κ3) is 3.09. The number of H-pyrrole nitrogens is 2. The maximum absolute atomic E-state index is 5.32. The van der Waals surface area contributed by atoms with Gasteiger partial charge in [-0.3, -0.25) is 0 Å². The Hall–Kier alpha value is -3.79. The zero-order valence-electron chi connectivity index (χ0n) is 16.4. The molecule has 0 aliphatic carbocycles. The number of aromatic nitrogens is 3. The fourth-order valence-electron chi connectivity index (χ4n) is 3.73. The maximum atomic E-state index is 5.32. The van der Waals surface area contributed by atoms with Crippen LogP contribution >= 0.6 is 0 Å². The lowest BCUT2D eigenvalue weighted by Crippen LogP contribution is -1.85. The van der Waals surface area contributed by atoms with E-state index in [0.29, 0.717) is 0 Å². The minimum atomic E-state index is 0.830. The number of nitrogens with one attached hydrogen (secondary N) is 2. The number of hydrogen-bond acceptors (Lipinski definition) is 2. The van der Waals surface area contributed by atoms with Crippen LogP contribution in [0.2, 0.25) is 0 Å². The van der Waals surface area contributed by atoms with Crippen LogP contribution in [0.15, 0.2) is 79.0 Å². The van der Waals surface area contributed by atoms with Gasteiger partial charge in [0.05, 0.1) is 18.5 Å². The molecule has 0 unspecified atom stereocenters. The molecule has 4 nitrogen and oxygen atoms in total. The number of hydrogen-bond donors (Lipinski definition) is 2. The van der Waals surface area contributed by atoms with Gasteiger partial charge >= 0.3 is 0 Å². The summed E-state index contributed by atoms with van der Waals surface area (Å²) in [5.74, 6) is 1.69. The average Bonchev–Trinajstić information content (AvgIpc) is 3.38. The largest absolute Gasteiger partial charge is 0.497 e. The van der Waals surface area contributed by atoms with Gasteiger partial charge in [-0.25, -0.2) is 4.98 Å². The maximum Gasteiger partial charge on any atom is 0.138 e. The molecule has 0 atom stereocenters. The monoisotopic (exact) mass is 379 g/mol. The number of para-hydroxylation sites is 1. The van der Waals surface area contributed by atoms with E-state index in [1.54, 1.807) is 7.11 Å². The Morgan fingerprint density at radius 1 is 0.862 bits per heavy atom. The fraction of sp³-hybridized carbons (Fsp3) is 0.0800. The molecular formula is C25H21N3O. The molecule has 142 valence electrons. The predicted octanol–water partition coefficient (Wildman–Crippen LogP) is 6.21. The van der Waals surface area contributed by atoms with Gasteiger partial charge in [0.15, 0.2) is 0 Å². The molecular weight excluding hydrogens is 358 g/mol. The van der Waals surface area contributed by atoms with E-state index in [1.807, 2.05) is 36.5 Å². The van der Waals surface area contributed by atoms with Crippen LogP contribution in [0.3, 0.4) is 0 Å². The minimum Gasteiger partial charge on any atom is -0.497 e. The van der Waals surface area contributed by atoms with Gasteiger partial charge in [-0.05, 0) is 43.3 Å². The van der Waals surface area contributed by atoms with E-state index in [1.165, 1.54) is 10.9 Å². The SMILES string of the molecule is COc1ccc(-c2nc(-c3cccc(C)c3)[nH]c2-c2c[nH]c3ccccc23)cc1. The van der Waals surface area contributed by atoms with Gasteiger partial charge in [0, 0.05) is 33.8 Å². The molecule has 5 aromatic rings. The predicted molar refractivity (Wildman–Crippen MR) is 118 cm³/mol. The first-order valence-corrected chi connectivity index (χ1v) is 9.61. The van der Waals surface area contributed by atoms with Crippen molar-refractivity contribution in [1.29, 1.82) is 0 Å². The molecule has 29 heavy (non-hydrogen) atoms. The Morgan fingerprint density at radius 2 is 1.69 bits per heavy atom. The van der Waals surface area contributed by atoms with E-state index in [2.05, 4.69) is 59.4 Å². The zero-order valence-corrected chi connectivity index (χ0v) is 16.4. The highest BCUT2D eigenvalue weighted by molar-refractivity contribution is 5.98. The lowest BCUT2D eigenvalue weighted by Gasteiger charge is -2.04. The Labute approximate surface area is 169 Å². The number of rotatable bonds is 4. The lowest BCUT2D eigenvalue weighted by atomic mass is 10.0. The summed E-state index contributed by atoms with van der Waals surface area (Å²) < 4.78 is 5.32. The van der Waals surface area contributed by atoms with Crippen molar-refractivity contribution >= 4 is 10.9 Å². The van der Waals surface area contributed by atoms with E-state index in [9.17, 15) is 0 Å². The van der Waals surface area contributed by atoms with E-state index in [-0.39, 0.29) is 0 Å². The lowest BCUT2D eigenvalue weighted by molar-refractivity contribution is 0.415. The summed E-state index contributed by atoms with van der Waals surface area (Å²) >= 11 is 0. The Kier molecular flexibility index (Phi) is 4.17. The van der Waals surface area contributed by atoms with Crippen LogP contribution in [0, 0.1) is 6.92 Å². The number of methoxy groups -OCH3 is 1. The first kappa shape index (κ1) is 17.3. The van der Waals surface area contributed by atoms with Crippen molar-refractivity contribution < 1.29 is 4.74 Å². The van der Waals surface area contributed by atoms with Crippen LogP contribution in [0.4, 0.5) is 0 Å². The molecule has 0 saturated carbocycles. The van der Waals surface area contributed by atoms with Crippen LogP contribution in [-0.2, 0) is 0 Å². The highest BCUT2D eigenvalue weighted by Gasteiger charge is 2.18. The molecule has 0 spiro atoms. The van der Waals surface area contributed by atoms with Gasteiger partial charge in [-0.15, -0.1) is 0 Å². The molecule has 0 aliphatic rings. The Bertz CT molecular complexity index is 1300. The third-order valence-corrected chi connectivity index (χ3v) is 5.22. The van der Waals surface area contributed by atoms with E-state index >= 15 is 0 Å². The van der Waals surface area contributed by atoms with Gasteiger partial charge in [0.2, 0.25) is 0 Å². The van der Waals surface area contributed by atoms with E-state index in [0.717, 1.165) is 45.2 Å². The highest BCUT2D eigenvalue weighted by atomic mass is 16.5. The number of benzene rings is 3. The normalized spacial score (nSPS) is 11.1. The van der Waals surface area contributed by atoms with Gasteiger partial charge in [-0.2, -0.15) is 0 Å². The number of aryl methyl sites for hydroxylation is 1. The molecule has 0 aliphatic heterocycles. The van der Waals surface area contributed by atoms with Crippen molar-refractivity contribution in [1.82, 2.24) is 15.0 Å². The van der Waals surface area contributed by atoms with Crippen LogP contribution in [0.1, 0.15) is 5.56 Å². The molecule has 2 N–H and O–H groups in total. The second-order valence-corrected chi connectivity index (χ2v) is 7.15. The molecule has 0 saturated heterocycles. The number of fused-ring (bicyclic) bond motifs is 1. The number of nitrogens with zero attached hydrogens (tertiary/aromatic N) is 1. The fourth-order valence-corrected chi connectivity index (χ4v) is 3.73. The molecule has 0 bridgehead atoms. The topological polar surface area (TPSA) is 53.7 Å². The number of ether oxygens (including phenoxy) is 1. The number of aromatic amines is 2. The van der Waals surface area contributed by atoms with Crippen molar-refractivity contribution in [3.05, 3.63) is 84.6 Å². The van der Waals surface area contributed by atoms with Gasteiger partial charge < -0.3 is 14.7 Å². The smallest absolute Gasteiger partial charge is 0.138 e. The third-order valence-electron chi connectivity index (χ3n) is 5.22. The van der Waals surface area contributed by atoms with Crippen molar-refractivity contribution in [3.63, 3.8) is 0 Å². The molecule has 4 heteroatoms. The first-order valence-electron chi connectivity index (χ1n) is 9.61. The molecule has 0 amide bonds. The van der Waals surface area contributed by atoms with Crippen molar-refractivity contribution in [2.24, 2.45) is 0 Å². The van der Waals surface area contributed by atoms with E-state index in [4.69, 9.17) is 9.72 Å². The summed E-state index contributed by atoms with van der Waals surface area (Å²) in [5, 5.41) is 1.17. The molecule has 0 fully saturated rings. The van der Waals surface area contributed by atoms with Crippen molar-refractivity contribution in [3.8, 4) is 39.7 Å². The molecule has 2 heterocycles. The van der Waals surface area contributed by atoms with Gasteiger partial charge in [0.25, 0.3) is 0 Å². The van der Waals surface area contributed by atoms with Crippen LogP contribution < -0.4 is 4.74 Å². The Morgan fingerprint density at radius 3 is 2.48 bits per heavy atom. The standard InChI is InChI=1S/C25H21N3O/c1-16-6-5-7-18(14-16)25-27-23(17-10-12-19(29-2)13-11-17)24(28-25)21-15-26-22-9-4-3-8-20(21)22/h3-15,26H,1-2H3,(H,27,28). The van der Waals surface area contributed by atoms with E-state index < -0.39 is 0 Å².